The summed E-state index contributed by atoms with van der Waals surface area (Å²) in [5.74, 6) is -1.95. The van der Waals surface area contributed by atoms with Crippen molar-refractivity contribution in [2.24, 2.45) is 5.92 Å². The number of likely N-dealkylation sites (tertiary alicyclic amines) is 1. The van der Waals surface area contributed by atoms with Crippen LogP contribution in [0.1, 0.15) is 38.7 Å². The van der Waals surface area contributed by atoms with Crippen LogP contribution in [0, 0.1) is 17.2 Å². The zero-order valence-electron chi connectivity index (χ0n) is 22.6. The number of amides is 3. The van der Waals surface area contributed by atoms with E-state index in [1.807, 2.05) is 24.3 Å². The lowest BCUT2D eigenvalue weighted by atomic mass is 9.76. The van der Waals surface area contributed by atoms with Crippen LogP contribution in [0.4, 0.5) is 4.79 Å². The van der Waals surface area contributed by atoms with Crippen molar-refractivity contribution in [1.29, 1.82) is 5.26 Å². The standard InChI is InChI=1S/C27H38BN5O6/c1-27(2,32-10-12-38-13-11-32)15-20(16-29)25(34)33-9-5-6-21(33)17-30-26(35)31-24(28(36)37)14-19-18-39-23-8-4-3-7-22(19)23/h3-4,7-8,18,20-21,24,36-37H,5-6,9-15,17H2,1-2H3,(H2,30,31,35)/t20?,21-,24+/m1/s1. The Morgan fingerprint density at radius 3 is 2.69 bits per heavy atom. The molecule has 11 nitrogen and oxygen atoms in total. The van der Waals surface area contributed by atoms with E-state index in [-0.39, 0.29) is 30.5 Å². The van der Waals surface area contributed by atoms with Crippen molar-refractivity contribution in [2.75, 3.05) is 39.4 Å². The SMILES string of the molecule is CC(C)(CC(C#N)C(=O)N1CCC[C@@H]1CNC(=O)N[C@@H](Cc1coc2ccccc12)B(O)O)N1CCOCC1. The molecule has 0 aliphatic carbocycles. The van der Waals surface area contributed by atoms with Gasteiger partial charge in [0.2, 0.25) is 5.91 Å². The van der Waals surface area contributed by atoms with Crippen molar-refractivity contribution < 1.29 is 28.8 Å². The highest BCUT2D eigenvalue weighted by molar-refractivity contribution is 6.43. The molecule has 0 saturated carbocycles. The molecule has 1 aromatic heterocycles. The van der Waals surface area contributed by atoms with Gasteiger partial charge in [0.15, 0.2) is 0 Å². The van der Waals surface area contributed by atoms with Gasteiger partial charge in [0.25, 0.3) is 0 Å². The first-order valence-corrected chi connectivity index (χ1v) is 13.6. The fraction of sp³-hybridized carbons (Fsp3) is 0.593. The number of nitriles is 1. The van der Waals surface area contributed by atoms with Gasteiger partial charge in [-0.05, 0) is 51.2 Å². The zero-order chi connectivity index (χ0) is 28.0. The number of fused-ring (bicyclic) bond motifs is 1. The summed E-state index contributed by atoms with van der Waals surface area (Å²) in [4.78, 5) is 30.1. The van der Waals surface area contributed by atoms with Crippen LogP contribution in [0.2, 0.25) is 0 Å². The van der Waals surface area contributed by atoms with Crippen LogP contribution in [0.5, 0.6) is 0 Å². The summed E-state index contributed by atoms with van der Waals surface area (Å²) in [5.41, 5.74) is 1.10. The summed E-state index contributed by atoms with van der Waals surface area (Å²) < 4.78 is 11.0. The average Bonchev–Trinajstić information content (AvgIpc) is 3.57. The molecule has 2 aromatic rings. The Morgan fingerprint density at radius 2 is 1.97 bits per heavy atom. The fourth-order valence-corrected chi connectivity index (χ4v) is 5.61. The van der Waals surface area contributed by atoms with E-state index >= 15 is 0 Å². The second-order valence-corrected chi connectivity index (χ2v) is 11.0. The maximum Gasteiger partial charge on any atom is 0.475 e. The van der Waals surface area contributed by atoms with E-state index in [4.69, 9.17) is 9.15 Å². The number of hydrogen-bond acceptors (Lipinski definition) is 8. The first-order valence-electron chi connectivity index (χ1n) is 13.6. The molecule has 2 fully saturated rings. The molecule has 4 rings (SSSR count). The minimum Gasteiger partial charge on any atom is -0.464 e. The molecular weight excluding hydrogens is 501 g/mol. The van der Waals surface area contributed by atoms with Crippen LogP contribution in [0.15, 0.2) is 34.9 Å². The van der Waals surface area contributed by atoms with Crippen molar-refractivity contribution in [3.05, 3.63) is 36.1 Å². The molecule has 2 aliphatic heterocycles. The molecule has 2 saturated heterocycles. The number of benzene rings is 1. The van der Waals surface area contributed by atoms with Crippen LogP contribution in [-0.4, -0.2) is 95.8 Å². The number of ether oxygens (including phenoxy) is 1. The lowest BCUT2D eigenvalue weighted by Gasteiger charge is -2.42. The fourth-order valence-electron chi connectivity index (χ4n) is 5.61. The molecule has 39 heavy (non-hydrogen) atoms. The Balaban J connectivity index is 1.31. The third-order valence-electron chi connectivity index (χ3n) is 7.86. The molecule has 3 amide bonds. The predicted octanol–water partition coefficient (Wildman–Crippen LogP) is 1.29. The van der Waals surface area contributed by atoms with Gasteiger partial charge in [-0.2, -0.15) is 5.26 Å². The first kappa shape index (κ1) is 28.9. The number of furan rings is 1. The molecule has 4 N–H and O–H groups in total. The smallest absolute Gasteiger partial charge is 0.464 e. The quantitative estimate of drug-likeness (QED) is 0.330. The Morgan fingerprint density at radius 1 is 1.23 bits per heavy atom. The Labute approximate surface area is 229 Å². The molecule has 12 heteroatoms. The van der Waals surface area contributed by atoms with Crippen molar-refractivity contribution >= 4 is 30.0 Å². The van der Waals surface area contributed by atoms with E-state index in [1.54, 1.807) is 11.2 Å². The molecule has 1 unspecified atom stereocenters. The third kappa shape index (κ3) is 7.11. The molecule has 1 aromatic carbocycles. The summed E-state index contributed by atoms with van der Waals surface area (Å²) in [6.45, 7) is 7.67. The number of nitrogens with one attached hydrogen (secondary N) is 2. The molecule has 2 aliphatic rings. The van der Waals surface area contributed by atoms with E-state index in [2.05, 4.69) is 35.5 Å². The molecule has 3 heterocycles. The van der Waals surface area contributed by atoms with Gasteiger partial charge in [-0.15, -0.1) is 0 Å². The Bertz CT molecular complexity index is 1170. The molecule has 0 spiro atoms. The minimum atomic E-state index is -1.78. The largest absolute Gasteiger partial charge is 0.475 e. The van der Waals surface area contributed by atoms with Gasteiger partial charge < -0.3 is 34.7 Å². The van der Waals surface area contributed by atoms with Gasteiger partial charge in [-0.25, -0.2) is 4.79 Å². The second-order valence-electron chi connectivity index (χ2n) is 11.0. The third-order valence-corrected chi connectivity index (χ3v) is 7.86. The zero-order valence-corrected chi connectivity index (χ0v) is 22.6. The van der Waals surface area contributed by atoms with Gasteiger partial charge in [0.1, 0.15) is 11.5 Å². The number of urea groups is 1. The summed E-state index contributed by atoms with van der Waals surface area (Å²) in [6.07, 6.45) is 3.63. The monoisotopic (exact) mass is 539 g/mol. The van der Waals surface area contributed by atoms with Crippen LogP contribution in [0.25, 0.3) is 11.0 Å². The number of morpholine rings is 1. The van der Waals surface area contributed by atoms with Gasteiger partial charge in [0.05, 0.1) is 31.5 Å². The van der Waals surface area contributed by atoms with Gasteiger partial charge in [-0.1, -0.05) is 18.2 Å². The first-order chi connectivity index (χ1) is 18.7. The topological polar surface area (TPSA) is 151 Å². The van der Waals surface area contributed by atoms with E-state index in [1.165, 1.54) is 0 Å². The molecule has 0 bridgehead atoms. The lowest BCUT2D eigenvalue weighted by molar-refractivity contribution is -0.135. The maximum absolute atomic E-state index is 13.4. The molecule has 0 radical (unpaired) electrons. The lowest BCUT2D eigenvalue weighted by Crippen LogP contribution is -2.54. The summed E-state index contributed by atoms with van der Waals surface area (Å²) in [7, 11) is -1.78. The highest BCUT2D eigenvalue weighted by Gasteiger charge is 2.38. The van der Waals surface area contributed by atoms with Crippen LogP contribution < -0.4 is 10.6 Å². The predicted molar refractivity (Wildman–Crippen MR) is 145 cm³/mol. The van der Waals surface area contributed by atoms with E-state index < -0.39 is 25.0 Å². The highest BCUT2D eigenvalue weighted by Crippen LogP contribution is 2.28. The van der Waals surface area contributed by atoms with E-state index in [0.29, 0.717) is 38.2 Å². The van der Waals surface area contributed by atoms with E-state index in [9.17, 15) is 24.9 Å². The summed E-state index contributed by atoms with van der Waals surface area (Å²) in [5, 5.41) is 35.9. The van der Waals surface area contributed by atoms with Crippen LogP contribution in [0.3, 0.4) is 0 Å². The van der Waals surface area contributed by atoms with E-state index in [0.717, 1.165) is 30.5 Å². The van der Waals surface area contributed by atoms with Crippen molar-refractivity contribution in [3.8, 4) is 6.07 Å². The molecular formula is C27H38BN5O6. The number of nitrogens with zero attached hydrogens (tertiary/aromatic N) is 3. The van der Waals surface area contributed by atoms with Gasteiger partial charge >= 0.3 is 13.1 Å². The molecule has 210 valence electrons. The van der Waals surface area contributed by atoms with Crippen molar-refractivity contribution in [1.82, 2.24) is 20.4 Å². The number of carbonyl (C=O) groups is 2. The Hall–Kier alpha value is -3.11. The number of carbonyl (C=O) groups excluding carboxylic acids is 2. The number of para-hydroxylation sites is 1. The summed E-state index contributed by atoms with van der Waals surface area (Å²) >= 11 is 0. The number of rotatable bonds is 10. The van der Waals surface area contributed by atoms with Crippen molar-refractivity contribution in [3.63, 3.8) is 0 Å². The van der Waals surface area contributed by atoms with Crippen LogP contribution >= 0.6 is 0 Å². The molecule has 3 atom stereocenters. The van der Waals surface area contributed by atoms with Crippen LogP contribution in [-0.2, 0) is 16.0 Å². The van der Waals surface area contributed by atoms with Crippen molar-refractivity contribution in [2.45, 2.75) is 57.1 Å². The number of hydrogen-bond donors (Lipinski definition) is 4. The maximum atomic E-state index is 13.4. The summed E-state index contributed by atoms with van der Waals surface area (Å²) in [6, 6.07) is 8.82. The second kappa shape index (κ2) is 12.8. The minimum absolute atomic E-state index is 0.166. The van der Waals surface area contributed by atoms with Gasteiger partial charge in [0, 0.05) is 43.1 Å². The van der Waals surface area contributed by atoms with Gasteiger partial charge in [-0.3, -0.25) is 9.69 Å². The highest BCUT2D eigenvalue weighted by atomic mass is 16.5. The average molecular weight is 539 g/mol. The Kier molecular flexibility index (Phi) is 9.51. The normalized spacial score (nSPS) is 19.9.